The van der Waals surface area contributed by atoms with E-state index in [4.69, 9.17) is 5.73 Å². The molecule has 0 amide bonds. The van der Waals surface area contributed by atoms with E-state index in [9.17, 15) is 8.78 Å². The summed E-state index contributed by atoms with van der Waals surface area (Å²) in [6.07, 6.45) is 1.73. The average Bonchev–Trinajstić information content (AvgIpc) is 2.58. The Bertz CT molecular complexity index is 652. The fourth-order valence-electron chi connectivity index (χ4n) is 2.79. The molecule has 0 saturated carbocycles. The third kappa shape index (κ3) is 5.54. The largest absolute Gasteiger partial charge is 0.399 e. The number of pyridine rings is 1. The van der Waals surface area contributed by atoms with Gasteiger partial charge in [-0.3, -0.25) is 0 Å². The quantitative estimate of drug-likeness (QED) is 0.786. The van der Waals surface area contributed by atoms with Gasteiger partial charge in [-0.1, -0.05) is 12.1 Å². The van der Waals surface area contributed by atoms with Gasteiger partial charge in [-0.2, -0.15) is 0 Å². The van der Waals surface area contributed by atoms with Crippen LogP contribution in [-0.2, 0) is 0 Å². The van der Waals surface area contributed by atoms with Gasteiger partial charge in [0, 0.05) is 56.5 Å². The van der Waals surface area contributed by atoms with Crippen molar-refractivity contribution in [3.8, 4) is 11.1 Å². The highest BCUT2D eigenvalue weighted by Gasteiger charge is 2.33. The molecule has 1 aliphatic rings. The topological polar surface area (TPSA) is 54.2 Å². The van der Waals surface area contributed by atoms with E-state index in [1.807, 2.05) is 42.6 Å². The van der Waals surface area contributed by atoms with Crippen molar-refractivity contribution >= 4 is 23.9 Å². The molecule has 1 aromatic carbocycles. The van der Waals surface area contributed by atoms with E-state index in [0.29, 0.717) is 19.6 Å². The van der Waals surface area contributed by atoms with Crippen LogP contribution in [0.4, 0.5) is 20.3 Å². The number of nitrogens with two attached hydrogens (primary N) is 1. The number of likely N-dealkylation sites (tertiary alicyclic amines) is 1. The van der Waals surface area contributed by atoms with E-state index in [2.05, 4.69) is 15.2 Å². The summed E-state index contributed by atoms with van der Waals surface area (Å²) in [6, 6.07) is 11.6. The van der Waals surface area contributed by atoms with Crippen LogP contribution in [-0.4, -0.2) is 42.0 Å². The molecular weight excluding hydrogens is 346 g/mol. The Labute approximate surface area is 152 Å². The highest BCUT2D eigenvalue weighted by atomic mass is 35.5. The zero-order valence-corrected chi connectivity index (χ0v) is 14.7. The standard InChI is InChI=1S/C18H22F2N4.ClH/c19-18(20)7-10-24(11-8-18)12-9-22-17-6-3-15(13-23-17)14-1-4-16(21)5-2-14;/h1-6,13H,7-12,21H2,(H,22,23);1H. The molecule has 136 valence electrons. The first-order valence-corrected chi connectivity index (χ1v) is 8.18. The van der Waals surface area contributed by atoms with E-state index in [-0.39, 0.29) is 25.2 Å². The molecule has 4 nitrogen and oxygen atoms in total. The summed E-state index contributed by atoms with van der Waals surface area (Å²) in [5.41, 5.74) is 8.52. The summed E-state index contributed by atoms with van der Waals surface area (Å²) < 4.78 is 26.2. The number of halogens is 3. The predicted molar refractivity (Wildman–Crippen MR) is 100 cm³/mol. The molecule has 0 spiro atoms. The number of nitrogens with one attached hydrogen (secondary N) is 1. The van der Waals surface area contributed by atoms with Crippen molar-refractivity contribution in [3.63, 3.8) is 0 Å². The Hall–Kier alpha value is -1.92. The molecule has 1 fully saturated rings. The van der Waals surface area contributed by atoms with Crippen molar-refractivity contribution in [1.29, 1.82) is 0 Å². The first-order valence-electron chi connectivity index (χ1n) is 8.18. The minimum atomic E-state index is -2.48. The molecule has 0 aliphatic carbocycles. The summed E-state index contributed by atoms with van der Waals surface area (Å²) in [7, 11) is 0. The second-order valence-corrected chi connectivity index (χ2v) is 6.18. The molecule has 0 bridgehead atoms. The van der Waals surface area contributed by atoms with E-state index in [0.717, 1.165) is 29.2 Å². The van der Waals surface area contributed by atoms with Gasteiger partial charge in [0.25, 0.3) is 5.92 Å². The Morgan fingerprint density at radius 2 is 1.68 bits per heavy atom. The van der Waals surface area contributed by atoms with Crippen molar-refractivity contribution < 1.29 is 8.78 Å². The van der Waals surface area contributed by atoms with Crippen LogP contribution >= 0.6 is 12.4 Å². The number of piperidine rings is 1. The zero-order valence-electron chi connectivity index (χ0n) is 13.9. The number of hydrogen-bond donors (Lipinski definition) is 2. The van der Waals surface area contributed by atoms with Crippen LogP contribution in [0.1, 0.15) is 12.8 Å². The van der Waals surface area contributed by atoms with Gasteiger partial charge < -0.3 is 16.0 Å². The highest BCUT2D eigenvalue weighted by Crippen LogP contribution is 2.27. The van der Waals surface area contributed by atoms with Crippen LogP contribution in [0, 0.1) is 0 Å². The van der Waals surface area contributed by atoms with Gasteiger partial charge in [0.2, 0.25) is 0 Å². The number of aromatic nitrogens is 1. The summed E-state index contributed by atoms with van der Waals surface area (Å²) in [5, 5.41) is 3.24. The second-order valence-electron chi connectivity index (χ2n) is 6.18. The fourth-order valence-corrected chi connectivity index (χ4v) is 2.79. The summed E-state index contributed by atoms with van der Waals surface area (Å²) in [5.74, 6) is -1.69. The van der Waals surface area contributed by atoms with Gasteiger partial charge in [0.1, 0.15) is 5.82 Å². The first kappa shape index (κ1) is 19.4. The molecule has 1 aromatic heterocycles. The van der Waals surface area contributed by atoms with Gasteiger partial charge >= 0.3 is 0 Å². The molecule has 1 saturated heterocycles. The SMILES string of the molecule is Cl.Nc1ccc(-c2ccc(NCCN3CCC(F)(F)CC3)nc2)cc1. The van der Waals surface area contributed by atoms with Crippen LogP contribution < -0.4 is 11.1 Å². The zero-order chi connectivity index (χ0) is 17.0. The number of hydrogen-bond acceptors (Lipinski definition) is 4. The Balaban J connectivity index is 0.00000225. The fraction of sp³-hybridized carbons (Fsp3) is 0.389. The minimum absolute atomic E-state index is 0. The number of nitrogen functional groups attached to an aromatic ring is 1. The monoisotopic (exact) mass is 368 g/mol. The number of benzene rings is 1. The van der Waals surface area contributed by atoms with Crippen molar-refractivity contribution in [2.75, 3.05) is 37.2 Å². The van der Waals surface area contributed by atoms with Crippen molar-refractivity contribution in [2.24, 2.45) is 0 Å². The maximum Gasteiger partial charge on any atom is 0.250 e. The van der Waals surface area contributed by atoms with Gasteiger partial charge in [0.15, 0.2) is 0 Å². The Kier molecular flexibility index (Phi) is 6.56. The van der Waals surface area contributed by atoms with Gasteiger partial charge in [0.05, 0.1) is 0 Å². The third-order valence-corrected chi connectivity index (χ3v) is 4.33. The van der Waals surface area contributed by atoms with Crippen molar-refractivity contribution in [1.82, 2.24) is 9.88 Å². The predicted octanol–water partition coefficient (Wildman–Crippen LogP) is 3.90. The van der Waals surface area contributed by atoms with Gasteiger partial charge in [-0.05, 0) is 29.8 Å². The van der Waals surface area contributed by atoms with Gasteiger partial charge in [-0.15, -0.1) is 12.4 Å². The highest BCUT2D eigenvalue weighted by molar-refractivity contribution is 5.85. The number of alkyl halides is 2. The lowest BCUT2D eigenvalue weighted by Crippen LogP contribution is -2.41. The lowest BCUT2D eigenvalue weighted by atomic mass is 10.1. The molecule has 2 aromatic rings. The second kappa shape index (κ2) is 8.45. The molecule has 25 heavy (non-hydrogen) atoms. The van der Waals surface area contributed by atoms with Crippen LogP contribution in [0.15, 0.2) is 42.6 Å². The van der Waals surface area contributed by atoms with E-state index in [1.54, 1.807) is 0 Å². The summed E-state index contributed by atoms with van der Waals surface area (Å²) >= 11 is 0. The number of nitrogens with zero attached hydrogens (tertiary/aromatic N) is 2. The molecule has 3 N–H and O–H groups in total. The van der Waals surface area contributed by atoms with Crippen LogP contribution in [0.5, 0.6) is 0 Å². The molecular formula is C18H23ClF2N4. The van der Waals surface area contributed by atoms with Crippen LogP contribution in [0.3, 0.4) is 0 Å². The average molecular weight is 369 g/mol. The Morgan fingerprint density at radius 1 is 1.04 bits per heavy atom. The molecule has 3 rings (SSSR count). The van der Waals surface area contributed by atoms with E-state index >= 15 is 0 Å². The summed E-state index contributed by atoms with van der Waals surface area (Å²) in [4.78, 5) is 6.47. The number of anilines is 2. The molecule has 0 unspecified atom stereocenters. The summed E-state index contributed by atoms with van der Waals surface area (Å²) in [6.45, 7) is 2.35. The van der Waals surface area contributed by atoms with Crippen molar-refractivity contribution in [3.05, 3.63) is 42.6 Å². The van der Waals surface area contributed by atoms with Crippen LogP contribution in [0.25, 0.3) is 11.1 Å². The smallest absolute Gasteiger partial charge is 0.250 e. The van der Waals surface area contributed by atoms with Crippen molar-refractivity contribution in [2.45, 2.75) is 18.8 Å². The lowest BCUT2D eigenvalue weighted by Gasteiger charge is -2.31. The van der Waals surface area contributed by atoms with Gasteiger partial charge in [-0.25, -0.2) is 13.8 Å². The third-order valence-electron chi connectivity index (χ3n) is 4.33. The maximum absolute atomic E-state index is 13.1. The van der Waals surface area contributed by atoms with E-state index < -0.39 is 5.92 Å². The Morgan fingerprint density at radius 3 is 2.28 bits per heavy atom. The maximum atomic E-state index is 13.1. The molecule has 2 heterocycles. The normalized spacial score (nSPS) is 16.9. The van der Waals surface area contributed by atoms with E-state index in [1.165, 1.54) is 0 Å². The molecule has 1 aliphatic heterocycles. The minimum Gasteiger partial charge on any atom is -0.399 e. The lowest BCUT2D eigenvalue weighted by molar-refractivity contribution is -0.0543. The molecule has 0 atom stereocenters. The number of rotatable bonds is 5. The molecule has 0 radical (unpaired) electrons. The first-order chi connectivity index (χ1) is 11.5. The molecule has 7 heteroatoms. The van der Waals surface area contributed by atoms with Crippen LogP contribution in [0.2, 0.25) is 0 Å².